The van der Waals surface area contributed by atoms with E-state index >= 15 is 0 Å². The predicted octanol–water partition coefficient (Wildman–Crippen LogP) is 2.18. The molecule has 0 N–H and O–H groups in total. The molecule has 0 saturated carbocycles. The van der Waals surface area contributed by atoms with Crippen LogP contribution < -0.4 is 4.90 Å². The van der Waals surface area contributed by atoms with E-state index in [1.54, 1.807) is 11.3 Å². The van der Waals surface area contributed by atoms with E-state index in [0.717, 1.165) is 35.1 Å². The summed E-state index contributed by atoms with van der Waals surface area (Å²) in [5.74, 6) is 0. The Morgan fingerprint density at radius 1 is 1.40 bits per heavy atom. The summed E-state index contributed by atoms with van der Waals surface area (Å²) >= 11 is 1.67. The van der Waals surface area contributed by atoms with Crippen LogP contribution in [0, 0.1) is 6.92 Å². The molecule has 1 aliphatic rings. The predicted molar refractivity (Wildman–Crippen MR) is 62.7 cm³/mol. The fourth-order valence-electron chi connectivity index (χ4n) is 1.90. The number of aryl methyl sites for hydroxylation is 1. The maximum absolute atomic E-state index is 10.5. The van der Waals surface area contributed by atoms with Crippen LogP contribution in [0.5, 0.6) is 0 Å². The average Bonchev–Trinajstić information content (AvgIpc) is 2.63. The molecule has 0 bridgehead atoms. The fourth-order valence-corrected chi connectivity index (χ4v) is 2.96. The van der Waals surface area contributed by atoms with E-state index in [0.29, 0.717) is 6.42 Å². The first kappa shape index (κ1) is 10.6. The van der Waals surface area contributed by atoms with E-state index in [9.17, 15) is 4.79 Å². The molecule has 2 heterocycles. The lowest BCUT2D eigenvalue weighted by molar-refractivity contribution is -0.107. The van der Waals surface area contributed by atoms with Crippen molar-refractivity contribution < 1.29 is 4.79 Å². The number of carbonyl (C=O) groups excluding carboxylic acids is 1. The standard InChI is InChI=1S/C11H16N2OS/c1-9-10(5-8-14)15-11(12-9)13-6-3-2-4-7-13/h8H,2-7H2,1H3. The van der Waals surface area contributed by atoms with Crippen molar-refractivity contribution in [1.82, 2.24) is 4.98 Å². The zero-order valence-electron chi connectivity index (χ0n) is 9.03. The van der Waals surface area contributed by atoms with E-state index in [1.165, 1.54) is 19.3 Å². The number of anilines is 1. The summed E-state index contributed by atoms with van der Waals surface area (Å²) in [6.07, 6.45) is 5.34. The van der Waals surface area contributed by atoms with E-state index in [-0.39, 0.29) is 0 Å². The number of hydrogen-bond acceptors (Lipinski definition) is 4. The topological polar surface area (TPSA) is 33.2 Å². The third-order valence-corrected chi connectivity index (χ3v) is 4.02. The molecule has 3 nitrogen and oxygen atoms in total. The molecule has 15 heavy (non-hydrogen) atoms. The molecular formula is C11H16N2OS. The Kier molecular flexibility index (Phi) is 3.36. The van der Waals surface area contributed by atoms with Crippen LogP contribution in [0.25, 0.3) is 0 Å². The molecule has 1 aromatic rings. The summed E-state index contributed by atoms with van der Waals surface area (Å²) in [6, 6.07) is 0. The second-order valence-corrected chi connectivity index (χ2v) is 4.99. The van der Waals surface area contributed by atoms with Gasteiger partial charge in [0.2, 0.25) is 0 Å². The third kappa shape index (κ3) is 2.37. The summed E-state index contributed by atoms with van der Waals surface area (Å²) in [4.78, 5) is 18.5. The molecule has 82 valence electrons. The Morgan fingerprint density at radius 2 is 2.13 bits per heavy atom. The summed E-state index contributed by atoms with van der Waals surface area (Å²) in [5.41, 5.74) is 1.02. The highest BCUT2D eigenvalue weighted by Gasteiger charge is 2.16. The number of nitrogens with zero attached hydrogens (tertiary/aromatic N) is 2. The molecule has 0 spiro atoms. The van der Waals surface area contributed by atoms with Crippen molar-refractivity contribution in [2.24, 2.45) is 0 Å². The van der Waals surface area contributed by atoms with Gasteiger partial charge in [0, 0.05) is 24.4 Å². The van der Waals surface area contributed by atoms with Crippen molar-refractivity contribution in [1.29, 1.82) is 0 Å². The van der Waals surface area contributed by atoms with Gasteiger partial charge in [-0.1, -0.05) is 0 Å². The summed E-state index contributed by atoms with van der Waals surface area (Å²) < 4.78 is 0. The van der Waals surface area contributed by atoms with Crippen molar-refractivity contribution >= 4 is 22.8 Å². The lowest BCUT2D eigenvalue weighted by atomic mass is 10.1. The highest BCUT2D eigenvalue weighted by Crippen LogP contribution is 2.28. The zero-order valence-corrected chi connectivity index (χ0v) is 9.85. The molecule has 1 aromatic heterocycles. The number of rotatable bonds is 3. The molecule has 1 saturated heterocycles. The van der Waals surface area contributed by atoms with Crippen LogP contribution in [-0.4, -0.2) is 24.4 Å². The number of thiazole rings is 1. The van der Waals surface area contributed by atoms with E-state index in [2.05, 4.69) is 9.88 Å². The summed E-state index contributed by atoms with van der Waals surface area (Å²) in [6.45, 7) is 4.23. The molecule has 1 aliphatic heterocycles. The molecule has 0 aromatic carbocycles. The number of aldehydes is 1. The molecule has 0 aliphatic carbocycles. The second kappa shape index (κ2) is 4.75. The van der Waals surface area contributed by atoms with Gasteiger partial charge in [0.1, 0.15) is 6.29 Å². The van der Waals surface area contributed by atoms with Crippen molar-refractivity contribution in [2.45, 2.75) is 32.6 Å². The molecule has 0 unspecified atom stereocenters. The normalized spacial score (nSPS) is 16.7. The van der Waals surface area contributed by atoms with Crippen LogP contribution in [0.2, 0.25) is 0 Å². The largest absolute Gasteiger partial charge is 0.348 e. The molecule has 2 rings (SSSR count). The SMILES string of the molecule is Cc1nc(N2CCCCC2)sc1CC=O. The Hall–Kier alpha value is -0.900. The molecule has 0 atom stereocenters. The smallest absolute Gasteiger partial charge is 0.185 e. The van der Waals surface area contributed by atoms with Gasteiger partial charge in [-0.15, -0.1) is 11.3 Å². The number of piperidine rings is 1. The van der Waals surface area contributed by atoms with Gasteiger partial charge in [-0.05, 0) is 26.2 Å². The van der Waals surface area contributed by atoms with Gasteiger partial charge >= 0.3 is 0 Å². The van der Waals surface area contributed by atoms with Gasteiger partial charge in [-0.3, -0.25) is 0 Å². The van der Waals surface area contributed by atoms with Gasteiger partial charge < -0.3 is 9.69 Å². The Bertz CT molecular complexity index is 342. The van der Waals surface area contributed by atoms with Crippen LogP contribution in [0.1, 0.15) is 29.8 Å². The fraction of sp³-hybridized carbons (Fsp3) is 0.636. The van der Waals surface area contributed by atoms with Crippen LogP contribution in [0.3, 0.4) is 0 Å². The molecule has 0 amide bonds. The van der Waals surface area contributed by atoms with Crippen LogP contribution >= 0.6 is 11.3 Å². The lowest BCUT2D eigenvalue weighted by Crippen LogP contribution is -2.29. The monoisotopic (exact) mass is 224 g/mol. The van der Waals surface area contributed by atoms with Gasteiger partial charge in [0.15, 0.2) is 5.13 Å². The number of carbonyl (C=O) groups is 1. The summed E-state index contributed by atoms with van der Waals surface area (Å²) in [7, 11) is 0. The quantitative estimate of drug-likeness (QED) is 0.738. The highest BCUT2D eigenvalue weighted by atomic mass is 32.1. The lowest BCUT2D eigenvalue weighted by Gasteiger charge is -2.25. The van der Waals surface area contributed by atoms with Gasteiger partial charge in [0.05, 0.1) is 5.69 Å². The molecular weight excluding hydrogens is 208 g/mol. The number of aromatic nitrogens is 1. The van der Waals surface area contributed by atoms with Crippen molar-refractivity contribution in [2.75, 3.05) is 18.0 Å². The molecule has 0 radical (unpaired) electrons. The summed E-state index contributed by atoms with van der Waals surface area (Å²) in [5, 5.41) is 1.10. The number of hydrogen-bond donors (Lipinski definition) is 0. The average molecular weight is 224 g/mol. The van der Waals surface area contributed by atoms with Gasteiger partial charge in [0.25, 0.3) is 0 Å². The van der Waals surface area contributed by atoms with E-state index in [4.69, 9.17) is 0 Å². The van der Waals surface area contributed by atoms with Crippen molar-refractivity contribution in [3.63, 3.8) is 0 Å². The minimum Gasteiger partial charge on any atom is -0.348 e. The molecule has 4 heteroatoms. The van der Waals surface area contributed by atoms with Crippen LogP contribution in [0.15, 0.2) is 0 Å². The van der Waals surface area contributed by atoms with Crippen LogP contribution in [-0.2, 0) is 11.2 Å². The van der Waals surface area contributed by atoms with Crippen molar-refractivity contribution in [3.05, 3.63) is 10.6 Å². The Balaban J connectivity index is 2.13. The first-order chi connectivity index (χ1) is 7.31. The third-order valence-electron chi connectivity index (χ3n) is 2.78. The zero-order chi connectivity index (χ0) is 10.7. The maximum Gasteiger partial charge on any atom is 0.185 e. The maximum atomic E-state index is 10.5. The van der Waals surface area contributed by atoms with Crippen LogP contribution in [0.4, 0.5) is 5.13 Å². The Labute approximate surface area is 94.1 Å². The van der Waals surface area contributed by atoms with Gasteiger partial charge in [-0.25, -0.2) is 4.98 Å². The Morgan fingerprint density at radius 3 is 2.80 bits per heavy atom. The van der Waals surface area contributed by atoms with Gasteiger partial charge in [-0.2, -0.15) is 0 Å². The molecule has 1 fully saturated rings. The first-order valence-electron chi connectivity index (χ1n) is 5.46. The second-order valence-electron chi connectivity index (χ2n) is 3.92. The van der Waals surface area contributed by atoms with E-state index in [1.807, 2.05) is 6.92 Å². The minimum atomic E-state index is 0.511. The highest BCUT2D eigenvalue weighted by molar-refractivity contribution is 7.15. The first-order valence-corrected chi connectivity index (χ1v) is 6.28. The van der Waals surface area contributed by atoms with Crippen molar-refractivity contribution in [3.8, 4) is 0 Å². The minimum absolute atomic E-state index is 0.511. The van der Waals surface area contributed by atoms with E-state index < -0.39 is 0 Å².